The van der Waals surface area contributed by atoms with Gasteiger partial charge in [0, 0.05) is 12.8 Å². The van der Waals surface area contributed by atoms with Gasteiger partial charge in [-0.3, -0.25) is 9.59 Å². The molecule has 136 valence electrons. The van der Waals surface area contributed by atoms with Gasteiger partial charge in [-0.15, -0.1) is 0 Å². The predicted octanol–water partition coefficient (Wildman–Crippen LogP) is 3.61. The van der Waals surface area contributed by atoms with Gasteiger partial charge in [0.05, 0.1) is 12.0 Å². The molecule has 3 rings (SSSR count). The quantitative estimate of drug-likeness (QED) is 0.743. The third-order valence-corrected chi connectivity index (χ3v) is 4.23. The van der Waals surface area contributed by atoms with E-state index in [1.807, 2.05) is 44.2 Å². The standard InChI is InChI=1S/C20H22N2O4/c1-3-5-20(24)26-13-19(23)22-17(18-6-4-11-25-18)12-16(21-22)15-9-7-14(2)8-10-15/h4,6-11,17H,3,5,12-13H2,1-2H3/t17-/m0/s1. The number of carbonyl (C=O) groups is 2. The number of hydrogen-bond acceptors (Lipinski definition) is 5. The zero-order valence-corrected chi connectivity index (χ0v) is 15.0. The fraction of sp³-hybridized carbons (Fsp3) is 0.350. The summed E-state index contributed by atoms with van der Waals surface area (Å²) in [5.41, 5.74) is 2.93. The van der Waals surface area contributed by atoms with Crippen molar-refractivity contribution in [3.05, 3.63) is 59.5 Å². The first-order chi connectivity index (χ1) is 12.6. The van der Waals surface area contributed by atoms with E-state index in [9.17, 15) is 9.59 Å². The van der Waals surface area contributed by atoms with Crippen molar-refractivity contribution in [1.82, 2.24) is 5.01 Å². The van der Waals surface area contributed by atoms with Crippen LogP contribution in [0.25, 0.3) is 0 Å². The molecule has 0 unspecified atom stereocenters. The van der Waals surface area contributed by atoms with Crippen LogP contribution in [0.15, 0.2) is 52.2 Å². The summed E-state index contributed by atoms with van der Waals surface area (Å²) >= 11 is 0. The molecule has 1 aliphatic heterocycles. The van der Waals surface area contributed by atoms with Crippen molar-refractivity contribution in [3.63, 3.8) is 0 Å². The normalized spacial score (nSPS) is 16.5. The third kappa shape index (κ3) is 4.02. The maximum Gasteiger partial charge on any atom is 0.306 e. The monoisotopic (exact) mass is 354 g/mol. The van der Waals surface area contributed by atoms with Gasteiger partial charge in [-0.25, -0.2) is 5.01 Å². The average Bonchev–Trinajstić information content (AvgIpc) is 3.30. The summed E-state index contributed by atoms with van der Waals surface area (Å²) in [6.07, 6.45) is 3.10. The van der Waals surface area contributed by atoms with Gasteiger partial charge >= 0.3 is 5.97 Å². The van der Waals surface area contributed by atoms with E-state index < -0.39 is 0 Å². The zero-order valence-electron chi connectivity index (χ0n) is 15.0. The van der Waals surface area contributed by atoms with Crippen LogP contribution >= 0.6 is 0 Å². The maximum absolute atomic E-state index is 12.6. The molecule has 0 bridgehead atoms. The summed E-state index contributed by atoms with van der Waals surface area (Å²) in [4.78, 5) is 24.1. The van der Waals surface area contributed by atoms with Crippen LogP contribution in [-0.2, 0) is 14.3 Å². The molecule has 0 radical (unpaired) electrons. The minimum Gasteiger partial charge on any atom is -0.467 e. The van der Waals surface area contributed by atoms with Crippen molar-refractivity contribution in [2.45, 2.75) is 39.2 Å². The molecule has 6 nitrogen and oxygen atoms in total. The SMILES string of the molecule is CCCC(=O)OCC(=O)N1N=C(c2ccc(C)cc2)C[C@H]1c1ccco1. The lowest BCUT2D eigenvalue weighted by molar-refractivity contribution is -0.153. The number of nitrogens with zero attached hydrogens (tertiary/aromatic N) is 2. The molecule has 1 amide bonds. The van der Waals surface area contributed by atoms with Gasteiger partial charge < -0.3 is 9.15 Å². The van der Waals surface area contributed by atoms with E-state index in [0.29, 0.717) is 25.0 Å². The van der Waals surface area contributed by atoms with E-state index in [1.54, 1.807) is 12.3 Å². The van der Waals surface area contributed by atoms with Crippen LogP contribution in [0.3, 0.4) is 0 Å². The summed E-state index contributed by atoms with van der Waals surface area (Å²) < 4.78 is 10.5. The van der Waals surface area contributed by atoms with Crippen molar-refractivity contribution in [2.24, 2.45) is 5.10 Å². The number of furan rings is 1. The molecule has 0 aliphatic carbocycles. The molecule has 2 aromatic rings. The molecule has 0 fully saturated rings. The highest BCUT2D eigenvalue weighted by molar-refractivity contribution is 6.03. The van der Waals surface area contributed by atoms with Crippen molar-refractivity contribution >= 4 is 17.6 Å². The number of benzene rings is 1. The van der Waals surface area contributed by atoms with E-state index >= 15 is 0 Å². The molecular formula is C20H22N2O4. The Morgan fingerprint density at radius 3 is 2.69 bits per heavy atom. The Morgan fingerprint density at radius 1 is 1.27 bits per heavy atom. The van der Waals surface area contributed by atoms with Crippen LogP contribution in [0.2, 0.25) is 0 Å². The lowest BCUT2D eigenvalue weighted by atomic mass is 10.0. The number of hydrazone groups is 1. The molecule has 6 heteroatoms. The van der Waals surface area contributed by atoms with Gasteiger partial charge in [-0.05, 0) is 31.0 Å². The Bertz CT molecular complexity index is 794. The Kier molecular flexibility index (Phi) is 5.51. The van der Waals surface area contributed by atoms with Crippen LogP contribution in [0.4, 0.5) is 0 Å². The fourth-order valence-electron chi connectivity index (χ4n) is 2.85. The first-order valence-electron chi connectivity index (χ1n) is 8.74. The summed E-state index contributed by atoms with van der Waals surface area (Å²) in [6.45, 7) is 3.59. The fourth-order valence-corrected chi connectivity index (χ4v) is 2.85. The lowest BCUT2D eigenvalue weighted by Crippen LogP contribution is -2.31. The molecule has 0 N–H and O–H groups in total. The Hall–Kier alpha value is -2.89. The van der Waals surface area contributed by atoms with Crippen molar-refractivity contribution in [2.75, 3.05) is 6.61 Å². The number of aryl methyl sites for hydroxylation is 1. The highest BCUT2D eigenvalue weighted by Gasteiger charge is 2.35. The third-order valence-electron chi connectivity index (χ3n) is 4.23. The molecule has 1 aliphatic rings. The lowest BCUT2D eigenvalue weighted by Gasteiger charge is -2.19. The average molecular weight is 354 g/mol. The van der Waals surface area contributed by atoms with Crippen LogP contribution in [0.5, 0.6) is 0 Å². The van der Waals surface area contributed by atoms with Gasteiger partial charge in [0.25, 0.3) is 5.91 Å². The summed E-state index contributed by atoms with van der Waals surface area (Å²) in [5, 5.41) is 5.87. The van der Waals surface area contributed by atoms with E-state index in [1.165, 1.54) is 5.01 Å². The van der Waals surface area contributed by atoms with Gasteiger partial charge in [0.1, 0.15) is 11.8 Å². The van der Waals surface area contributed by atoms with Crippen molar-refractivity contribution < 1.29 is 18.7 Å². The first kappa shape index (κ1) is 17.9. The second kappa shape index (κ2) is 7.99. The van der Waals surface area contributed by atoms with Crippen LogP contribution in [-0.4, -0.2) is 29.2 Å². The minimum absolute atomic E-state index is 0.298. The molecule has 0 saturated heterocycles. The number of ether oxygens (including phenoxy) is 1. The van der Waals surface area contributed by atoms with Crippen LogP contribution in [0.1, 0.15) is 49.1 Å². The second-order valence-electron chi connectivity index (χ2n) is 6.30. The van der Waals surface area contributed by atoms with Gasteiger partial charge in [0.15, 0.2) is 6.61 Å². The molecule has 2 heterocycles. The second-order valence-corrected chi connectivity index (χ2v) is 6.30. The number of rotatable bonds is 6. The molecule has 26 heavy (non-hydrogen) atoms. The highest BCUT2D eigenvalue weighted by Crippen LogP contribution is 2.33. The van der Waals surface area contributed by atoms with E-state index in [4.69, 9.17) is 9.15 Å². The summed E-state index contributed by atoms with van der Waals surface area (Å²) in [7, 11) is 0. The minimum atomic E-state index is -0.377. The van der Waals surface area contributed by atoms with Crippen molar-refractivity contribution in [1.29, 1.82) is 0 Å². The molecular weight excluding hydrogens is 332 g/mol. The zero-order chi connectivity index (χ0) is 18.5. The highest BCUT2D eigenvalue weighted by atomic mass is 16.5. The molecule has 1 atom stereocenters. The Labute approximate surface area is 152 Å². The Balaban J connectivity index is 1.79. The number of hydrogen-bond donors (Lipinski definition) is 0. The molecule has 0 spiro atoms. The maximum atomic E-state index is 12.6. The summed E-state index contributed by atoms with van der Waals surface area (Å²) in [6, 6.07) is 11.3. The van der Waals surface area contributed by atoms with E-state index in [2.05, 4.69) is 5.10 Å². The van der Waals surface area contributed by atoms with Gasteiger partial charge in [-0.1, -0.05) is 36.8 Å². The van der Waals surface area contributed by atoms with Crippen molar-refractivity contribution in [3.8, 4) is 0 Å². The summed E-state index contributed by atoms with van der Waals surface area (Å²) in [5.74, 6) is -0.0839. The molecule has 0 saturated carbocycles. The molecule has 1 aromatic heterocycles. The smallest absolute Gasteiger partial charge is 0.306 e. The largest absolute Gasteiger partial charge is 0.467 e. The van der Waals surface area contributed by atoms with E-state index in [0.717, 1.165) is 16.8 Å². The topological polar surface area (TPSA) is 72.1 Å². The first-order valence-corrected chi connectivity index (χ1v) is 8.74. The van der Waals surface area contributed by atoms with Crippen LogP contribution in [0, 0.1) is 6.92 Å². The molecule has 1 aromatic carbocycles. The number of amides is 1. The van der Waals surface area contributed by atoms with Crippen LogP contribution < -0.4 is 0 Å². The number of esters is 1. The van der Waals surface area contributed by atoms with Gasteiger partial charge in [0.2, 0.25) is 0 Å². The van der Waals surface area contributed by atoms with E-state index in [-0.39, 0.29) is 24.5 Å². The van der Waals surface area contributed by atoms with Gasteiger partial charge in [-0.2, -0.15) is 5.10 Å². The number of carbonyl (C=O) groups excluding carboxylic acids is 2. The predicted molar refractivity (Wildman–Crippen MR) is 96.5 cm³/mol. The Morgan fingerprint density at radius 2 is 2.04 bits per heavy atom.